The zero-order chi connectivity index (χ0) is 16.0. The summed E-state index contributed by atoms with van der Waals surface area (Å²) in [5.74, 6) is -0.616. The van der Waals surface area contributed by atoms with Crippen molar-refractivity contribution in [1.29, 1.82) is 0 Å². The van der Waals surface area contributed by atoms with Crippen molar-refractivity contribution in [2.45, 2.75) is 18.3 Å². The van der Waals surface area contributed by atoms with E-state index in [-0.39, 0.29) is 18.7 Å². The first-order valence-corrected chi connectivity index (χ1v) is 8.56. The molecular formula is C16H18FNO3S. The molecule has 1 atom stereocenters. The van der Waals surface area contributed by atoms with Crippen molar-refractivity contribution in [3.05, 3.63) is 71.5 Å². The first kappa shape index (κ1) is 16.6. The summed E-state index contributed by atoms with van der Waals surface area (Å²) in [6.45, 7) is 0.138. The van der Waals surface area contributed by atoms with E-state index in [1.807, 2.05) is 18.2 Å². The normalized spacial score (nSPS) is 13.0. The van der Waals surface area contributed by atoms with Crippen LogP contribution in [0.4, 0.5) is 4.39 Å². The molecule has 0 aliphatic rings. The van der Waals surface area contributed by atoms with Crippen LogP contribution in [0.2, 0.25) is 0 Å². The lowest BCUT2D eigenvalue weighted by Crippen LogP contribution is -2.27. The SMILES string of the molecule is O=S(=O)(Cc1ccc(F)cc1)NCC[C@@H](O)c1ccccc1. The average molecular weight is 323 g/mol. The Kier molecular flexibility index (Phi) is 5.65. The van der Waals surface area contributed by atoms with Gasteiger partial charge in [-0.15, -0.1) is 0 Å². The molecule has 0 aliphatic carbocycles. The highest BCUT2D eigenvalue weighted by Crippen LogP contribution is 2.15. The Bertz CT molecular complexity index is 687. The maximum atomic E-state index is 12.8. The molecule has 118 valence electrons. The molecular weight excluding hydrogens is 305 g/mol. The van der Waals surface area contributed by atoms with Gasteiger partial charge in [0.2, 0.25) is 10.0 Å². The number of hydrogen-bond acceptors (Lipinski definition) is 3. The molecule has 0 saturated carbocycles. The third-order valence-electron chi connectivity index (χ3n) is 3.19. The van der Waals surface area contributed by atoms with Gasteiger partial charge in [-0.3, -0.25) is 0 Å². The van der Waals surface area contributed by atoms with Crippen LogP contribution in [0, 0.1) is 5.82 Å². The van der Waals surface area contributed by atoms with Gasteiger partial charge in [0.15, 0.2) is 0 Å². The van der Waals surface area contributed by atoms with E-state index in [0.717, 1.165) is 5.56 Å². The summed E-state index contributed by atoms with van der Waals surface area (Å²) in [4.78, 5) is 0. The number of benzene rings is 2. The van der Waals surface area contributed by atoms with Crippen LogP contribution in [0.25, 0.3) is 0 Å². The molecule has 6 heteroatoms. The Morgan fingerprint density at radius 3 is 2.32 bits per heavy atom. The zero-order valence-electron chi connectivity index (χ0n) is 11.9. The van der Waals surface area contributed by atoms with Crippen LogP contribution >= 0.6 is 0 Å². The van der Waals surface area contributed by atoms with E-state index in [9.17, 15) is 17.9 Å². The van der Waals surface area contributed by atoms with Gasteiger partial charge in [0, 0.05) is 6.54 Å². The summed E-state index contributed by atoms with van der Waals surface area (Å²) < 4.78 is 39.1. The monoisotopic (exact) mass is 323 g/mol. The predicted molar refractivity (Wildman–Crippen MR) is 83.0 cm³/mol. The minimum atomic E-state index is -3.51. The van der Waals surface area contributed by atoms with Crippen molar-refractivity contribution in [3.63, 3.8) is 0 Å². The topological polar surface area (TPSA) is 66.4 Å². The van der Waals surface area contributed by atoms with E-state index in [1.165, 1.54) is 24.3 Å². The van der Waals surface area contributed by atoms with Crippen molar-refractivity contribution < 1.29 is 17.9 Å². The van der Waals surface area contributed by atoms with E-state index in [1.54, 1.807) is 12.1 Å². The summed E-state index contributed by atoms with van der Waals surface area (Å²) in [7, 11) is -3.51. The number of nitrogens with one attached hydrogen (secondary N) is 1. The van der Waals surface area contributed by atoms with E-state index in [2.05, 4.69) is 4.72 Å². The molecule has 2 aromatic carbocycles. The minimum Gasteiger partial charge on any atom is -0.388 e. The molecule has 0 bridgehead atoms. The predicted octanol–water partition coefficient (Wildman–Crippen LogP) is 2.37. The fraction of sp³-hybridized carbons (Fsp3) is 0.250. The first-order chi connectivity index (χ1) is 10.5. The lowest BCUT2D eigenvalue weighted by molar-refractivity contribution is 0.169. The molecule has 0 amide bonds. The number of aliphatic hydroxyl groups is 1. The summed E-state index contributed by atoms with van der Waals surface area (Å²) in [5.41, 5.74) is 1.26. The molecule has 0 heterocycles. The summed E-state index contributed by atoms with van der Waals surface area (Å²) in [6, 6.07) is 14.4. The third-order valence-corrected chi connectivity index (χ3v) is 4.55. The van der Waals surface area contributed by atoms with E-state index in [0.29, 0.717) is 5.56 Å². The second-order valence-electron chi connectivity index (χ2n) is 5.00. The van der Waals surface area contributed by atoms with Crippen molar-refractivity contribution in [1.82, 2.24) is 4.72 Å². The van der Waals surface area contributed by atoms with Crippen LogP contribution in [-0.4, -0.2) is 20.1 Å². The number of rotatable bonds is 7. The van der Waals surface area contributed by atoms with Gasteiger partial charge in [-0.2, -0.15) is 0 Å². The fourth-order valence-corrected chi connectivity index (χ4v) is 3.21. The quantitative estimate of drug-likeness (QED) is 0.822. The summed E-state index contributed by atoms with van der Waals surface area (Å²) in [6.07, 6.45) is -0.429. The van der Waals surface area contributed by atoms with Crippen LogP contribution in [-0.2, 0) is 15.8 Å². The standard InChI is InChI=1S/C16H18FNO3S/c17-15-8-6-13(7-9-15)12-22(20,21)18-11-10-16(19)14-4-2-1-3-5-14/h1-9,16,18-19H,10-12H2/t16-/m1/s1. The smallest absolute Gasteiger partial charge is 0.215 e. The third kappa shape index (κ3) is 5.22. The Morgan fingerprint density at radius 1 is 1.05 bits per heavy atom. The lowest BCUT2D eigenvalue weighted by Gasteiger charge is -2.12. The number of hydrogen-bond donors (Lipinski definition) is 2. The van der Waals surface area contributed by atoms with Gasteiger partial charge in [-0.25, -0.2) is 17.5 Å². The lowest BCUT2D eigenvalue weighted by atomic mass is 10.1. The van der Waals surface area contributed by atoms with Crippen molar-refractivity contribution in [2.24, 2.45) is 0 Å². The van der Waals surface area contributed by atoms with E-state index < -0.39 is 21.9 Å². The van der Waals surface area contributed by atoms with Crippen molar-refractivity contribution in [3.8, 4) is 0 Å². The number of halogens is 1. The molecule has 0 fully saturated rings. The second-order valence-corrected chi connectivity index (χ2v) is 6.80. The van der Waals surface area contributed by atoms with E-state index >= 15 is 0 Å². The first-order valence-electron chi connectivity index (χ1n) is 6.91. The highest BCUT2D eigenvalue weighted by Gasteiger charge is 2.13. The summed E-state index contributed by atoms with van der Waals surface area (Å²) in [5, 5.41) is 9.96. The number of aliphatic hydroxyl groups excluding tert-OH is 1. The van der Waals surface area contributed by atoms with Crippen LogP contribution in [0.5, 0.6) is 0 Å². The van der Waals surface area contributed by atoms with Crippen LogP contribution in [0.3, 0.4) is 0 Å². The molecule has 2 aromatic rings. The molecule has 2 rings (SSSR count). The molecule has 0 aliphatic heterocycles. The highest BCUT2D eigenvalue weighted by molar-refractivity contribution is 7.88. The van der Waals surface area contributed by atoms with Gasteiger partial charge < -0.3 is 5.11 Å². The maximum Gasteiger partial charge on any atom is 0.215 e. The van der Waals surface area contributed by atoms with Crippen molar-refractivity contribution in [2.75, 3.05) is 6.54 Å². The highest BCUT2D eigenvalue weighted by atomic mass is 32.2. The Balaban J connectivity index is 1.84. The summed E-state index contributed by atoms with van der Waals surface area (Å²) >= 11 is 0. The van der Waals surface area contributed by atoms with Crippen LogP contribution < -0.4 is 4.72 Å². The number of sulfonamides is 1. The van der Waals surface area contributed by atoms with E-state index in [4.69, 9.17) is 0 Å². The second kappa shape index (κ2) is 7.49. The minimum absolute atomic E-state index is 0.138. The molecule has 0 radical (unpaired) electrons. The Labute approximate surface area is 129 Å². The zero-order valence-corrected chi connectivity index (χ0v) is 12.8. The maximum absolute atomic E-state index is 12.8. The van der Waals surface area contributed by atoms with Gasteiger partial charge in [0.25, 0.3) is 0 Å². The molecule has 0 unspecified atom stereocenters. The molecule has 4 nitrogen and oxygen atoms in total. The van der Waals surface area contributed by atoms with Gasteiger partial charge >= 0.3 is 0 Å². The molecule has 0 saturated heterocycles. The molecule has 2 N–H and O–H groups in total. The van der Waals surface area contributed by atoms with Gasteiger partial charge in [-0.05, 0) is 29.7 Å². The van der Waals surface area contributed by atoms with Crippen LogP contribution in [0.1, 0.15) is 23.7 Å². The Hall–Kier alpha value is -1.76. The van der Waals surface area contributed by atoms with Gasteiger partial charge in [0.05, 0.1) is 11.9 Å². The Morgan fingerprint density at radius 2 is 1.68 bits per heavy atom. The van der Waals surface area contributed by atoms with Gasteiger partial charge in [-0.1, -0.05) is 42.5 Å². The molecule has 0 spiro atoms. The largest absolute Gasteiger partial charge is 0.388 e. The molecule has 22 heavy (non-hydrogen) atoms. The van der Waals surface area contributed by atoms with Gasteiger partial charge in [0.1, 0.15) is 5.82 Å². The molecule has 0 aromatic heterocycles. The van der Waals surface area contributed by atoms with Crippen LogP contribution in [0.15, 0.2) is 54.6 Å². The fourth-order valence-electron chi connectivity index (χ4n) is 2.04. The van der Waals surface area contributed by atoms with Crippen molar-refractivity contribution >= 4 is 10.0 Å². The average Bonchev–Trinajstić information content (AvgIpc) is 2.50.